The van der Waals surface area contributed by atoms with Gasteiger partial charge in [0.15, 0.2) is 5.82 Å². The van der Waals surface area contributed by atoms with Crippen molar-refractivity contribution in [3.63, 3.8) is 0 Å². The van der Waals surface area contributed by atoms with Crippen LogP contribution in [-0.4, -0.2) is 25.7 Å². The topological polar surface area (TPSA) is 77.1 Å². The van der Waals surface area contributed by atoms with Crippen LogP contribution >= 0.6 is 11.3 Å². The van der Waals surface area contributed by atoms with Crippen LogP contribution in [0.1, 0.15) is 32.3 Å². The van der Waals surface area contributed by atoms with Gasteiger partial charge in [0.1, 0.15) is 22.6 Å². The fourth-order valence-electron chi connectivity index (χ4n) is 3.55. The molecule has 3 aromatic heterocycles. The predicted octanol–water partition coefficient (Wildman–Crippen LogP) is 5.08. The summed E-state index contributed by atoms with van der Waals surface area (Å²) in [6.45, 7) is 12.3. The third-order valence-corrected chi connectivity index (χ3v) is 6.11. The van der Waals surface area contributed by atoms with Crippen LogP contribution in [0.2, 0.25) is 0 Å². The van der Waals surface area contributed by atoms with E-state index in [1.165, 1.54) is 34.3 Å². The fourth-order valence-corrected chi connectivity index (χ4v) is 4.27. The highest BCUT2D eigenvalue weighted by Gasteiger charge is 2.18. The smallest absolute Gasteiger partial charge is 0.305 e. The van der Waals surface area contributed by atoms with Crippen LogP contribution in [0.4, 0.5) is 14.6 Å². The number of aryl methyl sites for hydroxylation is 2. The number of amides is 1. The third-order valence-electron chi connectivity index (χ3n) is 5.18. The van der Waals surface area contributed by atoms with Gasteiger partial charge in [0.05, 0.1) is 16.9 Å². The fraction of sp³-hybridized carbons (Fsp3) is 0.174. The normalized spacial score (nSPS) is 10.8. The van der Waals surface area contributed by atoms with Crippen LogP contribution in [0.3, 0.4) is 0 Å². The highest BCUT2D eigenvalue weighted by atomic mass is 32.1. The highest BCUT2D eigenvalue weighted by molar-refractivity contribution is 7.11. The Morgan fingerprint density at radius 3 is 2.58 bits per heavy atom. The van der Waals surface area contributed by atoms with Crippen LogP contribution in [0.5, 0.6) is 0 Å². The predicted molar refractivity (Wildman–Crippen MR) is 120 cm³/mol. The summed E-state index contributed by atoms with van der Waals surface area (Å²) in [5.41, 5.74) is 5.55. The molecule has 0 fully saturated rings. The van der Waals surface area contributed by atoms with E-state index in [1.54, 1.807) is 38.4 Å². The van der Waals surface area contributed by atoms with Crippen LogP contribution < -0.4 is 5.32 Å². The first-order chi connectivity index (χ1) is 15.8. The number of hydrogen-bond donors (Lipinski definition) is 1. The highest BCUT2D eigenvalue weighted by Crippen LogP contribution is 2.30. The second-order valence-electron chi connectivity index (χ2n) is 7.32. The summed E-state index contributed by atoms with van der Waals surface area (Å²) < 4.78 is 30.4. The lowest BCUT2D eigenvalue weighted by atomic mass is 10.0. The third kappa shape index (κ3) is 4.23. The lowest BCUT2D eigenvalue weighted by molar-refractivity contribution is 0.0954. The van der Waals surface area contributed by atoms with Gasteiger partial charge in [0.25, 0.3) is 5.91 Å². The van der Waals surface area contributed by atoms with Crippen molar-refractivity contribution < 1.29 is 13.6 Å². The van der Waals surface area contributed by atoms with E-state index in [9.17, 15) is 13.6 Å². The molecule has 4 rings (SSSR count). The average molecular weight is 465 g/mol. The molecule has 0 aliphatic rings. The van der Waals surface area contributed by atoms with Crippen LogP contribution in [0.25, 0.3) is 21.7 Å². The summed E-state index contributed by atoms with van der Waals surface area (Å²) in [5, 5.41) is 7.17. The molecule has 3 heterocycles. The van der Waals surface area contributed by atoms with Gasteiger partial charge in [-0.25, -0.2) is 18.4 Å². The van der Waals surface area contributed by atoms with Crippen molar-refractivity contribution >= 4 is 23.1 Å². The first kappa shape index (κ1) is 22.2. The maximum absolute atomic E-state index is 14.9. The number of nitrogens with one attached hydrogen (secondary N) is 1. The monoisotopic (exact) mass is 464 g/mol. The van der Waals surface area contributed by atoms with Crippen LogP contribution in [0.15, 0.2) is 36.0 Å². The molecule has 10 heteroatoms. The Kier molecular flexibility index (Phi) is 5.98. The standard InChI is InChI=1S/C23H18F2N6OS/c1-12-20(14(3)31(30-12)17-8-19(25)22(26-4)27-10-17)15-5-6-16(18(24)7-15)9-28-23(32)21-13(2)29-11-33-21/h5-8,10-11H,9H2,1-3H3,(H,28,32). The molecule has 0 bridgehead atoms. The molecule has 0 saturated heterocycles. The number of pyridine rings is 1. The van der Waals surface area contributed by atoms with Crippen molar-refractivity contribution in [1.82, 2.24) is 25.1 Å². The summed E-state index contributed by atoms with van der Waals surface area (Å²) in [7, 11) is 0. The Labute approximate surface area is 192 Å². The van der Waals surface area contributed by atoms with Crippen molar-refractivity contribution in [2.24, 2.45) is 0 Å². The van der Waals surface area contributed by atoms with Crippen molar-refractivity contribution in [2.75, 3.05) is 0 Å². The molecule has 1 amide bonds. The zero-order chi connectivity index (χ0) is 23.7. The number of carbonyl (C=O) groups excluding carboxylic acids is 1. The summed E-state index contributed by atoms with van der Waals surface area (Å²) in [6.07, 6.45) is 1.37. The van der Waals surface area contributed by atoms with E-state index in [4.69, 9.17) is 6.57 Å². The average Bonchev–Trinajstić information content (AvgIpc) is 3.35. The van der Waals surface area contributed by atoms with Crippen molar-refractivity contribution in [3.05, 3.63) is 86.5 Å². The molecule has 0 saturated carbocycles. The molecule has 33 heavy (non-hydrogen) atoms. The Hall–Kier alpha value is -3.97. The molecule has 0 aliphatic heterocycles. The molecule has 1 aromatic carbocycles. The van der Waals surface area contributed by atoms with E-state index < -0.39 is 11.6 Å². The van der Waals surface area contributed by atoms with E-state index in [1.807, 2.05) is 0 Å². The van der Waals surface area contributed by atoms with Gasteiger partial charge in [-0.05, 0) is 38.5 Å². The number of benzene rings is 1. The zero-order valence-corrected chi connectivity index (χ0v) is 18.8. The van der Waals surface area contributed by atoms with Crippen LogP contribution in [0, 0.1) is 39.0 Å². The lowest BCUT2D eigenvalue weighted by Gasteiger charge is -2.09. The second kappa shape index (κ2) is 8.88. The number of rotatable bonds is 5. The molecular weight excluding hydrogens is 446 g/mol. The van der Waals surface area contributed by atoms with E-state index in [2.05, 4.69) is 25.2 Å². The van der Waals surface area contributed by atoms with Gasteiger partial charge >= 0.3 is 5.82 Å². The largest absolute Gasteiger partial charge is 0.358 e. The van der Waals surface area contributed by atoms with Crippen molar-refractivity contribution in [1.29, 1.82) is 0 Å². The van der Waals surface area contributed by atoms with Gasteiger partial charge in [0.2, 0.25) is 0 Å². The number of carbonyl (C=O) groups is 1. The SMILES string of the molecule is [C-]#[N+]c1ncc(-n2nc(C)c(-c3ccc(CNC(=O)c4scnc4C)c(F)c3)c2C)cc1F. The van der Waals surface area contributed by atoms with E-state index in [0.29, 0.717) is 44.3 Å². The first-order valence-corrected chi connectivity index (χ1v) is 10.7. The molecule has 0 atom stereocenters. The van der Waals surface area contributed by atoms with Crippen molar-refractivity contribution in [3.8, 4) is 16.8 Å². The number of hydrogen-bond acceptors (Lipinski definition) is 5. The van der Waals surface area contributed by atoms with E-state index in [0.717, 1.165) is 0 Å². The summed E-state index contributed by atoms with van der Waals surface area (Å²) >= 11 is 1.23. The Bertz CT molecular complexity index is 1420. The number of aromatic nitrogens is 4. The number of nitrogens with zero attached hydrogens (tertiary/aromatic N) is 5. The van der Waals surface area contributed by atoms with Gasteiger partial charge in [-0.2, -0.15) is 5.10 Å². The summed E-state index contributed by atoms with van der Waals surface area (Å²) in [6, 6.07) is 5.96. The van der Waals surface area contributed by atoms with Gasteiger partial charge in [0, 0.05) is 23.4 Å². The maximum Gasteiger partial charge on any atom is 0.305 e. The van der Waals surface area contributed by atoms with E-state index >= 15 is 0 Å². The minimum Gasteiger partial charge on any atom is -0.358 e. The number of thiazole rings is 1. The van der Waals surface area contributed by atoms with E-state index in [-0.39, 0.29) is 18.3 Å². The molecule has 0 unspecified atom stereocenters. The van der Waals surface area contributed by atoms with Gasteiger partial charge in [-0.1, -0.05) is 18.7 Å². The van der Waals surface area contributed by atoms with Crippen molar-refractivity contribution in [2.45, 2.75) is 27.3 Å². The van der Waals surface area contributed by atoms with Gasteiger partial charge in [-0.15, -0.1) is 16.3 Å². The maximum atomic E-state index is 14.9. The minimum absolute atomic E-state index is 0.0395. The Morgan fingerprint density at radius 1 is 1.15 bits per heavy atom. The molecule has 0 aliphatic carbocycles. The second-order valence-corrected chi connectivity index (χ2v) is 8.18. The van der Waals surface area contributed by atoms with Crippen LogP contribution in [-0.2, 0) is 6.54 Å². The molecular formula is C23H18F2N6OS. The Balaban J connectivity index is 1.59. The summed E-state index contributed by atoms with van der Waals surface area (Å²) in [5.74, 6) is -1.80. The molecule has 7 nitrogen and oxygen atoms in total. The Morgan fingerprint density at radius 2 is 1.94 bits per heavy atom. The first-order valence-electron chi connectivity index (χ1n) is 9.86. The lowest BCUT2D eigenvalue weighted by Crippen LogP contribution is -2.23. The molecule has 0 spiro atoms. The van der Waals surface area contributed by atoms with Gasteiger partial charge in [-0.3, -0.25) is 4.79 Å². The molecule has 1 N–H and O–H groups in total. The quantitative estimate of drug-likeness (QED) is 0.418. The molecule has 0 radical (unpaired) electrons. The number of halogens is 2. The minimum atomic E-state index is -0.734. The molecule has 4 aromatic rings. The molecule has 166 valence electrons. The summed E-state index contributed by atoms with van der Waals surface area (Å²) in [4.78, 5) is 23.7. The van der Waals surface area contributed by atoms with Gasteiger partial charge < -0.3 is 10.2 Å². The zero-order valence-electron chi connectivity index (χ0n) is 18.0.